The summed E-state index contributed by atoms with van der Waals surface area (Å²) < 4.78 is 12.5. The average Bonchev–Trinajstić information content (AvgIpc) is 3.37. The second-order valence-electron chi connectivity index (χ2n) is 12.9. The van der Waals surface area contributed by atoms with E-state index in [1.807, 2.05) is 12.1 Å². The number of rotatable bonds is 4. The summed E-state index contributed by atoms with van der Waals surface area (Å²) in [5, 5.41) is 24.6. The summed E-state index contributed by atoms with van der Waals surface area (Å²) in [4.78, 5) is 29.8. The standard InChI is InChI=1S/C38H36N2O6/c41-26-13-14-29-32(23-26)45-34-30(38(29)28-12-6-5-11-27(28)36(44)46-38)15-16-31(42)33(34)35(43)39-25-17-21-40(22-18-25)37(19-7-2-8-20-37)24-9-3-1-4-10-24/h1,3-6,9-16,23,25,41-42H,2,7-8,17-22H2,(H,39,43). The number of nitrogens with one attached hydrogen (secondary N) is 1. The zero-order chi connectivity index (χ0) is 31.5. The molecule has 0 bridgehead atoms. The number of carbonyl (C=O) groups is 2. The van der Waals surface area contributed by atoms with Crippen LogP contribution in [0.25, 0.3) is 0 Å². The van der Waals surface area contributed by atoms with Gasteiger partial charge < -0.3 is 25.0 Å². The Morgan fingerprint density at radius 3 is 2.33 bits per heavy atom. The minimum Gasteiger partial charge on any atom is -0.508 e. The third-order valence-electron chi connectivity index (χ3n) is 10.5. The first kappa shape index (κ1) is 28.6. The van der Waals surface area contributed by atoms with Gasteiger partial charge in [-0.2, -0.15) is 0 Å². The molecular formula is C38H36N2O6. The van der Waals surface area contributed by atoms with Crippen LogP contribution in [0.2, 0.25) is 0 Å². The zero-order valence-corrected chi connectivity index (χ0v) is 25.5. The van der Waals surface area contributed by atoms with E-state index in [2.05, 4.69) is 40.5 Å². The number of aromatic hydroxyl groups is 2. The number of benzene rings is 4. The Balaban J connectivity index is 1.11. The van der Waals surface area contributed by atoms with E-state index in [1.165, 1.54) is 43.0 Å². The van der Waals surface area contributed by atoms with Crippen molar-refractivity contribution < 1.29 is 29.3 Å². The molecule has 4 aliphatic rings. The van der Waals surface area contributed by atoms with Gasteiger partial charge >= 0.3 is 5.97 Å². The highest BCUT2D eigenvalue weighted by atomic mass is 16.6. The molecule has 3 N–H and O–H groups in total. The fourth-order valence-corrected chi connectivity index (χ4v) is 8.32. The van der Waals surface area contributed by atoms with E-state index in [9.17, 15) is 19.8 Å². The van der Waals surface area contributed by atoms with Crippen LogP contribution < -0.4 is 10.1 Å². The summed E-state index contributed by atoms with van der Waals surface area (Å²) >= 11 is 0. The van der Waals surface area contributed by atoms with Crippen molar-refractivity contribution in [3.63, 3.8) is 0 Å². The number of ether oxygens (including phenoxy) is 2. The number of carbonyl (C=O) groups excluding carboxylic acids is 2. The predicted molar refractivity (Wildman–Crippen MR) is 171 cm³/mol. The highest BCUT2D eigenvalue weighted by Gasteiger charge is 2.54. The molecule has 2 fully saturated rings. The predicted octanol–water partition coefficient (Wildman–Crippen LogP) is 6.72. The van der Waals surface area contributed by atoms with E-state index < -0.39 is 17.5 Å². The van der Waals surface area contributed by atoms with Crippen LogP contribution in [0.5, 0.6) is 23.0 Å². The molecule has 8 nitrogen and oxygen atoms in total. The molecule has 0 aromatic heterocycles. The normalized spacial score (nSPS) is 21.9. The summed E-state index contributed by atoms with van der Waals surface area (Å²) in [6.45, 7) is 1.72. The maximum Gasteiger partial charge on any atom is 0.340 e. The number of piperidine rings is 1. The molecule has 4 aromatic carbocycles. The number of phenols is 2. The molecule has 1 atom stereocenters. The lowest BCUT2D eigenvalue weighted by Crippen LogP contribution is -2.54. The average molecular weight is 617 g/mol. The number of amides is 1. The van der Waals surface area contributed by atoms with E-state index in [4.69, 9.17) is 9.47 Å². The van der Waals surface area contributed by atoms with E-state index in [0.717, 1.165) is 38.8 Å². The molecule has 1 saturated heterocycles. The second kappa shape index (κ2) is 10.9. The van der Waals surface area contributed by atoms with Crippen molar-refractivity contribution in [2.75, 3.05) is 13.1 Å². The monoisotopic (exact) mass is 616 g/mol. The Kier molecular flexibility index (Phi) is 6.79. The van der Waals surface area contributed by atoms with Crippen LogP contribution in [0.4, 0.5) is 0 Å². The molecule has 3 heterocycles. The molecule has 1 spiro atoms. The smallest absolute Gasteiger partial charge is 0.340 e. The lowest BCUT2D eigenvalue weighted by Gasteiger charge is -2.50. The van der Waals surface area contributed by atoms with E-state index >= 15 is 0 Å². The molecule has 0 radical (unpaired) electrons. The topological polar surface area (TPSA) is 108 Å². The van der Waals surface area contributed by atoms with E-state index in [0.29, 0.717) is 22.3 Å². The SMILES string of the molecule is O=C1OC2(c3ccc(O)cc3Oc3c2ccc(O)c3C(=O)NC2CCN(C3(c4ccccc4)CCCCC3)CC2)c2ccccc21. The van der Waals surface area contributed by atoms with Crippen LogP contribution in [0.1, 0.15) is 87.9 Å². The largest absolute Gasteiger partial charge is 0.508 e. The zero-order valence-electron chi connectivity index (χ0n) is 25.5. The van der Waals surface area contributed by atoms with Crippen molar-refractivity contribution in [1.29, 1.82) is 0 Å². The number of likely N-dealkylation sites (tertiary alicyclic amines) is 1. The van der Waals surface area contributed by atoms with Gasteiger partial charge in [-0.1, -0.05) is 67.8 Å². The van der Waals surface area contributed by atoms with Crippen LogP contribution in [0.3, 0.4) is 0 Å². The lowest BCUT2D eigenvalue weighted by atomic mass is 9.74. The molecule has 234 valence electrons. The van der Waals surface area contributed by atoms with Crippen molar-refractivity contribution in [3.05, 3.63) is 118 Å². The molecular weight excluding hydrogens is 580 g/mol. The van der Waals surface area contributed by atoms with Crippen molar-refractivity contribution in [2.45, 2.75) is 62.1 Å². The van der Waals surface area contributed by atoms with Crippen LogP contribution in [-0.2, 0) is 15.9 Å². The second-order valence-corrected chi connectivity index (χ2v) is 12.9. The Bertz CT molecular complexity index is 1840. The third-order valence-corrected chi connectivity index (χ3v) is 10.5. The Labute approximate surface area is 267 Å². The van der Waals surface area contributed by atoms with Gasteiger partial charge in [0.25, 0.3) is 5.91 Å². The van der Waals surface area contributed by atoms with Gasteiger partial charge in [0, 0.05) is 47.4 Å². The minimum atomic E-state index is -1.41. The van der Waals surface area contributed by atoms with Crippen molar-refractivity contribution >= 4 is 11.9 Å². The van der Waals surface area contributed by atoms with Gasteiger partial charge in [-0.3, -0.25) is 9.69 Å². The number of nitrogens with zero attached hydrogens (tertiary/aromatic N) is 1. The van der Waals surface area contributed by atoms with Gasteiger partial charge in [0.05, 0.1) is 5.56 Å². The van der Waals surface area contributed by atoms with Crippen molar-refractivity contribution in [1.82, 2.24) is 10.2 Å². The van der Waals surface area contributed by atoms with Crippen molar-refractivity contribution in [2.24, 2.45) is 0 Å². The van der Waals surface area contributed by atoms with Gasteiger partial charge in [-0.15, -0.1) is 0 Å². The van der Waals surface area contributed by atoms with E-state index in [-0.39, 0.29) is 40.1 Å². The molecule has 1 amide bonds. The summed E-state index contributed by atoms with van der Waals surface area (Å²) in [6, 6.07) is 25.6. The molecule has 1 saturated carbocycles. The summed E-state index contributed by atoms with van der Waals surface area (Å²) in [7, 11) is 0. The van der Waals surface area contributed by atoms with Gasteiger partial charge in [-0.25, -0.2) is 4.79 Å². The van der Waals surface area contributed by atoms with Crippen LogP contribution in [0.15, 0.2) is 84.9 Å². The van der Waals surface area contributed by atoms with Crippen LogP contribution in [0, 0.1) is 0 Å². The first-order valence-electron chi connectivity index (χ1n) is 16.2. The highest BCUT2D eigenvalue weighted by Crippen LogP contribution is 2.58. The highest BCUT2D eigenvalue weighted by molar-refractivity contribution is 6.02. The fourth-order valence-electron chi connectivity index (χ4n) is 8.32. The fraction of sp³-hybridized carbons (Fsp3) is 0.316. The summed E-state index contributed by atoms with van der Waals surface area (Å²) in [6.07, 6.45) is 7.54. The molecule has 4 aromatic rings. The molecule has 1 unspecified atom stereocenters. The van der Waals surface area contributed by atoms with Crippen LogP contribution >= 0.6 is 0 Å². The van der Waals surface area contributed by atoms with Crippen LogP contribution in [-0.4, -0.2) is 46.1 Å². The Morgan fingerprint density at radius 2 is 1.54 bits per heavy atom. The molecule has 46 heavy (non-hydrogen) atoms. The van der Waals surface area contributed by atoms with E-state index in [1.54, 1.807) is 24.3 Å². The Morgan fingerprint density at radius 1 is 0.826 bits per heavy atom. The number of esters is 1. The molecule has 3 aliphatic heterocycles. The first-order valence-corrected chi connectivity index (χ1v) is 16.2. The lowest BCUT2D eigenvalue weighted by molar-refractivity contribution is 0.0223. The molecule has 1 aliphatic carbocycles. The number of hydrogen-bond donors (Lipinski definition) is 3. The van der Waals surface area contributed by atoms with Gasteiger partial charge in [-0.05, 0) is 61.6 Å². The number of phenolic OH excluding ortho intramolecular Hbond substituents is 2. The molecule has 8 rings (SSSR count). The van der Waals surface area contributed by atoms with Gasteiger partial charge in [0.15, 0.2) is 11.4 Å². The summed E-state index contributed by atoms with van der Waals surface area (Å²) in [5.41, 5.74) is 1.94. The van der Waals surface area contributed by atoms with Gasteiger partial charge in [0.1, 0.15) is 22.8 Å². The maximum absolute atomic E-state index is 14.0. The first-order chi connectivity index (χ1) is 22.4. The number of hydrogen-bond acceptors (Lipinski definition) is 7. The maximum atomic E-state index is 14.0. The summed E-state index contributed by atoms with van der Waals surface area (Å²) in [5.74, 6) is -0.903. The van der Waals surface area contributed by atoms with Crippen molar-refractivity contribution in [3.8, 4) is 23.0 Å². The Hall–Kier alpha value is -4.82. The molecule has 8 heteroatoms. The quantitative estimate of drug-likeness (QED) is 0.219. The number of fused-ring (bicyclic) bond motifs is 6. The van der Waals surface area contributed by atoms with Gasteiger partial charge in [0.2, 0.25) is 0 Å². The third kappa shape index (κ3) is 4.31. The minimum absolute atomic E-state index is 0.0261.